The zero-order valence-electron chi connectivity index (χ0n) is 20.7. The molecule has 0 aliphatic heterocycles. The van der Waals surface area contributed by atoms with Gasteiger partial charge in [-0.25, -0.2) is 4.98 Å². The maximum Gasteiger partial charge on any atom is 0.266 e. The van der Waals surface area contributed by atoms with Crippen molar-refractivity contribution in [1.29, 1.82) is 0 Å². The Morgan fingerprint density at radius 3 is 2.58 bits per heavy atom. The highest BCUT2D eigenvalue weighted by Crippen LogP contribution is 2.29. The van der Waals surface area contributed by atoms with Crippen molar-refractivity contribution in [1.82, 2.24) is 9.55 Å². The molecule has 1 heterocycles. The van der Waals surface area contributed by atoms with Crippen LogP contribution in [0, 0.1) is 6.92 Å². The molecule has 0 radical (unpaired) electrons. The van der Waals surface area contributed by atoms with Gasteiger partial charge in [-0.2, -0.15) is 0 Å². The Morgan fingerprint density at radius 1 is 1.14 bits per heavy atom. The number of methoxy groups -OCH3 is 1. The van der Waals surface area contributed by atoms with Gasteiger partial charge in [-0.1, -0.05) is 55.4 Å². The molecule has 3 aromatic carbocycles. The number of fused-ring (bicyclic) bond motifs is 1. The number of ether oxygens (including phenoxy) is 1. The van der Waals surface area contributed by atoms with Gasteiger partial charge in [0.2, 0.25) is 5.91 Å². The van der Waals surface area contributed by atoms with Crippen LogP contribution in [0.15, 0.2) is 70.6 Å². The minimum absolute atomic E-state index is 0.0692. The molecule has 1 N–H and O–H groups in total. The van der Waals surface area contributed by atoms with Crippen LogP contribution in [-0.4, -0.2) is 28.3 Å². The second kappa shape index (κ2) is 11.2. The quantitative estimate of drug-likeness (QED) is 0.209. The molecule has 0 unspecified atom stereocenters. The summed E-state index contributed by atoms with van der Waals surface area (Å²) in [5.41, 5.74) is 3.70. The van der Waals surface area contributed by atoms with Crippen LogP contribution in [0.4, 0.5) is 5.69 Å². The standard InChI is InChI=1S/C28H28ClN3O3S/c1-5-18(3)19-7-10-21(11-8-19)30-26(33)16-36-28-31-23-15-20(29)9-12-22(23)27(34)32(28)24-14-17(2)6-13-25(24)35-4/h6-15,18H,5,16H2,1-4H3,(H,30,33)/t18-/m1/s1. The molecule has 0 spiro atoms. The molecule has 1 aromatic heterocycles. The third-order valence-electron chi connectivity index (χ3n) is 6.08. The van der Waals surface area contributed by atoms with Gasteiger partial charge in [0.1, 0.15) is 5.75 Å². The Labute approximate surface area is 219 Å². The number of nitrogens with zero attached hydrogens (tertiary/aromatic N) is 2. The first-order valence-electron chi connectivity index (χ1n) is 11.7. The van der Waals surface area contributed by atoms with E-state index in [-0.39, 0.29) is 17.2 Å². The molecule has 0 aliphatic rings. The van der Waals surface area contributed by atoms with Gasteiger partial charge >= 0.3 is 0 Å². The Morgan fingerprint density at radius 2 is 1.89 bits per heavy atom. The van der Waals surface area contributed by atoms with E-state index in [4.69, 9.17) is 21.3 Å². The fraction of sp³-hybridized carbons (Fsp3) is 0.250. The molecular formula is C28H28ClN3O3S. The summed E-state index contributed by atoms with van der Waals surface area (Å²) >= 11 is 7.35. The van der Waals surface area contributed by atoms with Crippen molar-refractivity contribution in [3.05, 3.63) is 87.2 Å². The van der Waals surface area contributed by atoms with Crippen LogP contribution >= 0.6 is 23.4 Å². The van der Waals surface area contributed by atoms with Gasteiger partial charge in [0.05, 0.1) is 29.5 Å². The van der Waals surface area contributed by atoms with Crippen LogP contribution in [0.5, 0.6) is 5.75 Å². The fourth-order valence-electron chi connectivity index (χ4n) is 3.88. The number of aryl methyl sites for hydroxylation is 1. The van der Waals surface area contributed by atoms with Gasteiger partial charge in [-0.05, 0) is 72.9 Å². The Kier molecular flexibility index (Phi) is 8.01. The normalized spacial score (nSPS) is 11.9. The van der Waals surface area contributed by atoms with E-state index >= 15 is 0 Å². The van der Waals surface area contributed by atoms with Gasteiger partial charge in [0.25, 0.3) is 5.56 Å². The summed E-state index contributed by atoms with van der Waals surface area (Å²) in [6, 6.07) is 18.5. The molecule has 4 aromatic rings. The lowest BCUT2D eigenvalue weighted by Crippen LogP contribution is -2.23. The van der Waals surface area contributed by atoms with Crippen LogP contribution in [0.2, 0.25) is 5.02 Å². The van der Waals surface area contributed by atoms with Crippen molar-refractivity contribution >= 4 is 45.9 Å². The summed E-state index contributed by atoms with van der Waals surface area (Å²) < 4.78 is 7.04. The Hall–Kier alpha value is -3.29. The van der Waals surface area contributed by atoms with E-state index in [2.05, 4.69) is 19.2 Å². The molecule has 8 heteroatoms. The van der Waals surface area contributed by atoms with E-state index in [0.29, 0.717) is 38.4 Å². The molecule has 6 nitrogen and oxygen atoms in total. The number of benzene rings is 3. The van der Waals surface area contributed by atoms with E-state index in [1.165, 1.54) is 21.9 Å². The second-order valence-corrected chi connectivity index (χ2v) is 10.0. The maximum atomic E-state index is 13.6. The number of anilines is 1. The summed E-state index contributed by atoms with van der Waals surface area (Å²) in [6.07, 6.45) is 1.06. The van der Waals surface area contributed by atoms with Crippen molar-refractivity contribution in [2.75, 3.05) is 18.2 Å². The molecular weight excluding hydrogens is 494 g/mol. The van der Waals surface area contributed by atoms with Crippen LogP contribution in [0.1, 0.15) is 37.3 Å². The maximum absolute atomic E-state index is 13.6. The van der Waals surface area contributed by atoms with E-state index < -0.39 is 0 Å². The first-order chi connectivity index (χ1) is 17.3. The molecule has 36 heavy (non-hydrogen) atoms. The van der Waals surface area contributed by atoms with Crippen LogP contribution < -0.4 is 15.6 Å². The number of carbonyl (C=O) groups excluding carboxylic acids is 1. The van der Waals surface area contributed by atoms with Gasteiger partial charge in [-0.15, -0.1) is 0 Å². The number of nitrogens with one attached hydrogen (secondary N) is 1. The average Bonchev–Trinajstić information content (AvgIpc) is 2.87. The van der Waals surface area contributed by atoms with Crippen molar-refractivity contribution in [2.45, 2.75) is 38.3 Å². The van der Waals surface area contributed by atoms with Crippen molar-refractivity contribution in [3.8, 4) is 11.4 Å². The minimum atomic E-state index is -0.260. The van der Waals surface area contributed by atoms with Gasteiger partial charge in [0, 0.05) is 10.7 Å². The third-order valence-corrected chi connectivity index (χ3v) is 7.26. The van der Waals surface area contributed by atoms with Crippen molar-refractivity contribution < 1.29 is 9.53 Å². The number of halogens is 1. The Balaban J connectivity index is 1.66. The lowest BCUT2D eigenvalue weighted by atomic mass is 9.99. The first-order valence-corrected chi connectivity index (χ1v) is 13.1. The summed E-state index contributed by atoms with van der Waals surface area (Å²) in [4.78, 5) is 31.1. The summed E-state index contributed by atoms with van der Waals surface area (Å²) in [6.45, 7) is 6.27. The highest BCUT2D eigenvalue weighted by atomic mass is 35.5. The summed E-state index contributed by atoms with van der Waals surface area (Å²) in [7, 11) is 1.56. The zero-order valence-corrected chi connectivity index (χ0v) is 22.2. The van der Waals surface area contributed by atoms with Crippen molar-refractivity contribution in [3.63, 3.8) is 0 Å². The molecule has 0 aliphatic carbocycles. The number of hydrogen-bond acceptors (Lipinski definition) is 5. The van der Waals surface area contributed by atoms with Crippen LogP contribution in [0.3, 0.4) is 0 Å². The monoisotopic (exact) mass is 521 g/mol. The zero-order chi connectivity index (χ0) is 25.8. The molecule has 0 fully saturated rings. The van der Waals surface area contributed by atoms with Gasteiger partial charge < -0.3 is 10.1 Å². The topological polar surface area (TPSA) is 73.2 Å². The lowest BCUT2D eigenvalue weighted by molar-refractivity contribution is -0.113. The first kappa shape index (κ1) is 25.8. The number of thioether (sulfide) groups is 1. The molecule has 1 atom stereocenters. The van der Waals surface area contributed by atoms with Crippen LogP contribution in [-0.2, 0) is 4.79 Å². The molecule has 1 amide bonds. The number of rotatable bonds is 8. The molecule has 4 rings (SSSR count). The number of amides is 1. The SMILES string of the molecule is CC[C@@H](C)c1ccc(NC(=O)CSc2nc3cc(Cl)ccc3c(=O)n2-c2cc(C)ccc2OC)cc1. The summed E-state index contributed by atoms with van der Waals surface area (Å²) in [5.74, 6) is 0.873. The largest absolute Gasteiger partial charge is 0.495 e. The van der Waals surface area contributed by atoms with E-state index in [1.54, 1.807) is 25.3 Å². The van der Waals surface area contributed by atoms with E-state index in [1.807, 2.05) is 49.4 Å². The number of aromatic nitrogens is 2. The van der Waals surface area contributed by atoms with Gasteiger partial charge in [0.15, 0.2) is 5.16 Å². The lowest BCUT2D eigenvalue weighted by Gasteiger charge is -2.16. The summed E-state index contributed by atoms with van der Waals surface area (Å²) in [5, 5.41) is 4.21. The van der Waals surface area contributed by atoms with E-state index in [0.717, 1.165) is 17.7 Å². The second-order valence-electron chi connectivity index (χ2n) is 8.64. The minimum Gasteiger partial charge on any atom is -0.495 e. The average molecular weight is 522 g/mol. The highest BCUT2D eigenvalue weighted by Gasteiger charge is 2.18. The number of carbonyl (C=O) groups is 1. The third kappa shape index (κ3) is 5.58. The van der Waals surface area contributed by atoms with Crippen LogP contribution in [0.25, 0.3) is 16.6 Å². The van der Waals surface area contributed by atoms with Crippen molar-refractivity contribution in [2.24, 2.45) is 0 Å². The van der Waals surface area contributed by atoms with Gasteiger partial charge in [-0.3, -0.25) is 14.2 Å². The number of hydrogen-bond donors (Lipinski definition) is 1. The fourth-order valence-corrected chi connectivity index (χ4v) is 4.85. The molecule has 186 valence electrons. The smallest absolute Gasteiger partial charge is 0.266 e. The molecule has 0 saturated carbocycles. The van der Waals surface area contributed by atoms with E-state index in [9.17, 15) is 9.59 Å². The predicted molar refractivity (Wildman–Crippen MR) is 148 cm³/mol. The molecule has 0 bridgehead atoms. The molecule has 0 saturated heterocycles. The Bertz CT molecular complexity index is 1470. The highest BCUT2D eigenvalue weighted by molar-refractivity contribution is 7.99. The predicted octanol–water partition coefficient (Wildman–Crippen LogP) is 6.60.